The van der Waals surface area contributed by atoms with Gasteiger partial charge in [-0.05, 0) is 84.9 Å². The highest BCUT2D eigenvalue weighted by atomic mass is 79.9. The van der Waals surface area contributed by atoms with Crippen molar-refractivity contribution in [1.82, 2.24) is 4.90 Å². The molecule has 1 heterocycles. The highest BCUT2D eigenvalue weighted by molar-refractivity contribution is 9.10. The van der Waals surface area contributed by atoms with Crippen LogP contribution in [0.5, 0.6) is 5.75 Å². The minimum absolute atomic E-state index is 0.189. The summed E-state index contributed by atoms with van der Waals surface area (Å²) in [6, 6.07) is 18.3. The molecule has 3 aromatic rings. The Hall–Kier alpha value is -3.43. The Labute approximate surface area is 220 Å². The number of thioether (sulfide) groups is 1. The van der Waals surface area contributed by atoms with Crippen molar-refractivity contribution in [1.29, 1.82) is 0 Å². The molecule has 4 rings (SSSR count). The van der Waals surface area contributed by atoms with Crippen molar-refractivity contribution in [3.05, 3.63) is 98.6 Å². The normalized spacial score (nSPS) is 15.6. The van der Waals surface area contributed by atoms with Gasteiger partial charge in [0.25, 0.3) is 5.91 Å². The standard InChI is InChI=1S/C27H22BrFN2O4S/c1-3-34-26(33)18-6-11-22(12-7-18)30-27-31(2)25(32)24(36-27)15-19-14-20(28)8-13-23(19)35-16-17-4-9-21(29)10-5-17/h4-15H,3,16H2,1-2H3/b24-15-,30-27?. The molecule has 0 saturated carbocycles. The molecule has 1 fully saturated rings. The summed E-state index contributed by atoms with van der Waals surface area (Å²) in [6.07, 6.45) is 1.76. The Kier molecular flexibility index (Phi) is 8.22. The van der Waals surface area contributed by atoms with Gasteiger partial charge < -0.3 is 9.47 Å². The number of benzene rings is 3. The number of rotatable bonds is 7. The molecule has 36 heavy (non-hydrogen) atoms. The maximum atomic E-state index is 13.2. The van der Waals surface area contributed by atoms with Gasteiger partial charge in [0.15, 0.2) is 5.17 Å². The van der Waals surface area contributed by atoms with Gasteiger partial charge in [0.2, 0.25) is 0 Å². The summed E-state index contributed by atoms with van der Waals surface area (Å²) in [5.41, 5.74) is 2.59. The topological polar surface area (TPSA) is 68.2 Å². The van der Waals surface area contributed by atoms with Crippen LogP contribution in [-0.2, 0) is 16.1 Å². The van der Waals surface area contributed by atoms with Crippen molar-refractivity contribution in [3.8, 4) is 5.75 Å². The average molecular weight is 569 g/mol. The van der Waals surface area contributed by atoms with E-state index in [4.69, 9.17) is 9.47 Å². The second-order valence-electron chi connectivity index (χ2n) is 7.73. The zero-order valence-corrected chi connectivity index (χ0v) is 21.9. The number of ether oxygens (including phenoxy) is 2. The largest absolute Gasteiger partial charge is 0.488 e. The third-order valence-corrected chi connectivity index (χ3v) is 6.73. The summed E-state index contributed by atoms with van der Waals surface area (Å²) in [4.78, 5) is 31.3. The van der Waals surface area contributed by atoms with Gasteiger partial charge in [-0.25, -0.2) is 14.2 Å². The van der Waals surface area contributed by atoms with Gasteiger partial charge in [-0.2, -0.15) is 0 Å². The number of hydrogen-bond acceptors (Lipinski definition) is 6. The lowest BCUT2D eigenvalue weighted by atomic mass is 10.1. The maximum absolute atomic E-state index is 13.2. The number of amides is 1. The first-order chi connectivity index (χ1) is 17.3. The molecule has 0 radical (unpaired) electrons. The lowest BCUT2D eigenvalue weighted by Crippen LogP contribution is -2.23. The lowest BCUT2D eigenvalue weighted by molar-refractivity contribution is -0.121. The summed E-state index contributed by atoms with van der Waals surface area (Å²) in [6.45, 7) is 2.31. The maximum Gasteiger partial charge on any atom is 0.338 e. The Balaban J connectivity index is 1.54. The van der Waals surface area contributed by atoms with E-state index in [1.54, 1.807) is 56.4 Å². The van der Waals surface area contributed by atoms with Gasteiger partial charge >= 0.3 is 5.97 Å². The van der Waals surface area contributed by atoms with Gasteiger partial charge in [-0.15, -0.1) is 0 Å². The van der Waals surface area contributed by atoms with Crippen LogP contribution in [0.2, 0.25) is 0 Å². The predicted octanol–water partition coefficient (Wildman–Crippen LogP) is 6.58. The van der Waals surface area contributed by atoms with Crippen molar-refractivity contribution in [2.75, 3.05) is 13.7 Å². The fourth-order valence-electron chi connectivity index (χ4n) is 3.30. The Morgan fingerprint density at radius 1 is 1.11 bits per heavy atom. The molecule has 1 aliphatic rings. The molecule has 3 aromatic carbocycles. The van der Waals surface area contributed by atoms with E-state index in [2.05, 4.69) is 20.9 Å². The monoisotopic (exact) mass is 568 g/mol. The van der Waals surface area contributed by atoms with Gasteiger partial charge in [-0.3, -0.25) is 9.69 Å². The molecule has 0 aliphatic carbocycles. The molecule has 0 unspecified atom stereocenters. The number of nitrogens with zero attached hydrogens (tertiary/aromatic N) is 2. The molecule has 1 amide bonds. The minimum Gasteiger partial charge on any atom is -0.488 e. The van der Waals surface area contributed by atoms with E-state index in [1.165, 1.54) is 28.8 Å². The van der Waals surface area contributed by atoms with Gasteiger partial charge in [0, 0.05) is 17.1 Å². The van der Waals surface area contributed by atoms with Crippen molar-refractivity contribution in [2.24, 2.45) is 4.99 Å². The van der Waals surface area contributed by atoms with Crippen LogP contribution in [0.25, 0.3) is 6.08 Å². The number of amidine groups is 1. The molecule has 0 N–H and O–H groups in total. The SMILES string of the molecule is CCOC(=O)c1ccc(N=C2S/C(=C\c3cc(Br)ccc3OCc3ccc(F)cc3)C(=O)N2C)cc1. The first-order valence-electron chi connectivity index (χ1n) is 11.0. The number of esters is 1. The molecule has 6 nitrogen and oxygen atoms in total. The van der Waals surface area contributed by atoms with Crippen LogP contribution >= 0.6 is 27.7 Å². The smallest absolute Gasteiger partial charge is 0.338 e. The molecule has 0 atom stereocenters. The van der Waals surface area contributed by atoms with Crippen LogP contribution in [0.1, 0.15) is 28.4 Å². The number of aliphatic imine (C=N–C) groups is 1. The number of carbonyl (C=O) groups excluding carboxylic acids is 2. The zero-order chi connectivity index (χ0) is 25.7. The first-order valence-corrected chi connectivity index (χ1v) is 12.6. The van der Waals surface area contributed by atoms with E-state index in [1.807, 2.05) is 18.2 Å². The van der Waals surface area contributed by atoms with E-state index >= 15 is 0 Å². The van der Waals surface area contributed by atoms with Gasteiger partial charge in [0.1, 0.15) is 18.2 Å². The van der Waals surface area contributed by atoms with Crippen molar-refractivity contribution in [3.63, 3.8) is 0 Å². The van der Waals surface area contributed by atoms with Crippen LogP contribution in [-0.4, -0.2) is 35.6 Å². The summed E-state index contributed by atoms with van der Waals surface area (Å²) in [5.74, 6) is -0.297. The van der Waals surface area contributed by atoms with Crippen LogP contribution in [0.15, 0.2) is 81.1 Å². The number of hydrogen-bond donors (Lipinski definition) is 0. The quantitative estimate of drug-likeness (QED) is 0.238. The van der Waals surface area contributed by atoms with Crippen molar-refractivity contribution >= 4 is 56.5 Å². The molecular formula is C27H22BrFN2O4S. The Morgan fingerprint density at radius 2 is 1.83 bits per heavy atom. The van der Waals surface area contributed by atoms with Gasteiger partial charge in [-0.1, -0.05) is 28.1 Å². The van der Waals surface area contributed by atoms with Crippen LogP contribution < -0.4 is 4.74 Å². The zero-order valence-electron chi connectivity index (χ0n) is 19.5. The molecule has 9 heteroatoms. The fourth-order valence-corrected chi connectivity index (χ4v) is 4.65. The highest BCUT2D eigenvalue weighted by Crippen LogP contribution is 2.35. The van der Waals surface area contributed by atoms with E-state index in [9.17, 15) is 14.0 Å². The lowest BCUT2D eigenvalue weighted by Gasteiger charge is -2.10. The molecule has 0 spiro atoms. The third-order valence-electron chi connectivity index (χ3n) is 5.17. The molecule has 0 bridgehead atoms. The van der Waals surface area contributed by atoms with Crippen molar-refractivity contribution in [2.45, 2.75) is 13.5 Å². The van der Waals surface area contributed by atoms with Crippen LogP contribution in [0, 0.1) is 5.82 Å². The van der Waals surface area contributed by atoms with E-state index in [-0.39, 0.29) is 18.3 Å². The van der Waals surface area contributed by atoms with Crippen LogP contribution in [0.3, 0.4) is 0 Å². The Bertz CT molecular complexity index is 1340. The molecule has 1 saturated heterocycles. The second-order valence-corrected chi connectivity index (χ2v) is 9.66. The van der Waals surface area contributed by atoms with E-state index < -0.39 is 5.97 Å². The number of likely N-dealkylation sites (N-methyl/N-ethyl adjacent to an activating group) is 1. The third kappa shape index (κ3) is 6.22. The second kappa shape index (κ2) is 11.5. The molecular weight excluding hydrogens is 547 g/mol. The average Bonchev–Trinajstić information content (AvgIpc) is 3.13. The summed E-state index contributed by atoms with van der Waals surface area (Å²) in [5, 5.41) is 0.513. The summed E-state index contributed by atoms with van der Waals surface area (Å²) in [7, 11) is 1.66. The number of halogens is 2. The van der Waals surface area contributed by atoms with E-state index in [0.29, 0.717) is 33.7 Å². The summed E-state index contributed by atoms with van der Waals surface area (Å²) < 4.78 is 25.0. The fraction of sp³-hybridized carbons (Fsp3) is 0.148. The van der Waals surface area contributed by atoms with E-state index in [0.717, 1.165) is 15.6 Å². The summed E-state index contributed by atoms with van der Waals surface area (Å²) >= 11 is 4.72. The Morgan fingerprint density at radius 3 is 2.53 bits per heavy atom. The number of carbonyl (C=O) groups is 2. The van der Waals surface area contributed by atoms with Gasteiger partial charge in [0.05, 0.1) is 22.8 Å². The molecule has 0 aromatic heterocycles. The highest BCUT2D eigenvalue weighted by Gasteiger charge is 2.30. The minimum atomic E-state index is -0.393. The molecule has 184 valence electrons. The first kappa shape index (κ1) is 25.7. The van der Waals surface area contributed by atoms with Crippen molar-refractivity contribution < 1.29 is 23.5 Å². The van der Waals surface area contributed by atoms with Crippen LogP contribution in [0.4, 0.5) is 10.1 Å². The predicted molar refractivity (Wildman–Crippen MR) is 143 cm³/mol. The molecule has 1 aliphatic heterocycles.